The Balaban J connectivity index is 2.07. The van der Waals surface area contributed by atoms with Crippen LogP contribution in [0.15, 0.2) is 42.6 Å². The molecule has 3 aromatic rings. The lowest BCUT2D eigenvalue weighted by Gasteiger charge is -2.12. The summed E-state index contributed by atoms with van der Waals surface area (Å²) in [7, 11) is 0. The molecule has 108 valence electrons. The van der Waals surface area contributed by atoms with Crippen molar-refractivity contribution in [3.05, 3.63) is 59.5 Å². The van der Waals surface area contributed by atoms with Gasteiger partial charge in [-0.25, -0.2) is 9.97 Å². The second-order valence-electron chi connectivity index (χ2n) is 5.98. The summed E-state index contributed by atoms with van der Waals surface area (Å²) in [4.78, 5) is 9.32. The molecule has 0 aliphatic rings. The second-order valence-corrected chi connectivity index (χ2v) is 5.98. The van der Waals surface area contributed by atoms with Gasteiger partial charge in [-0.1, -0.05) is 38.1 Å². The van der Waals surface area contributed by atoms with E-state index >= 15 is 0 Å². The van der Waals surface area contributed by atoms with Crippen LogP contribution in [0.1, 0.15) is 30.8 Å². The molecule has 3 nitrogen and oxygen atoms in total. The normalized spacial score (nSPS) is 11.4. The molecule has 0 amide bonds. The fraction of sp³-hybridized carbons (Fsp3) is 0.333. The molecule has 0 atom stereocenters. The van der Waals surface area contributed by atoms with Gasteiger partial charge in [0.05, 0.1) is 0 Å². The van der Waals surface area contributed by atoms with Crippen molar-refractivity contribution in [2.24, 2.45) is 5.92 Å². The lowest BCUT2D eigenvalue weighted by Crippen LogP contribution is -2.10. The van der Waals surface area contributed by atoms with Gasteiger partial charge >= 0.3 is 0 Å². The molecule has 0 fully saturated rings. The highest BCUT2D eigenvalue weighted by Gasteiger charge is 2.13. The Morgan fingerprint density at radius 3 is 2.67 bits per heavy atom. The van der Waals surface area contributed by atoms with Crippen LogP contribution in [0.2, 0.25) is 0 Å². The van der Waals surface area contributed by atoms with Crippen molar-refractivity contribution in [3.63, 3.8) is 0 Å². The van der Waals surface area contributed by atoms with Crippen LogP contribution in [0.3, 0.4) is 0 Å². The van der Waals surface area contributed by atoms with Gasteiger partial charge in [-0.3, -0.25) is 0 Å². The first-order valence-corrected chi connectivity index (χ1v) is 7.50. The van der Waals surface area contributed by atoms with Gasteiger partial charge in [0.15, 0.2) is 5.65 Å². The predicted molar refractivity (Wildman–Crippen MR) is 86.4 cm³/mol. The van der Waals surface area contributed by atoms with E-state index in [1.165, 1.54) is 11.1 Å². The van der Waals surface area contributed by atoms with Crippen LogP contribution in [-0.2, 0) is 13.0 Å². The van der Waals surface area contributed by atoms with Gasteiger partial charge in [0, 0.05) is 19.2 Å². The topological polar surface area (TPSA) is 30.7 Å². The summed E-state index contributed by atoms with van der Waals surface area (Å²) in [5, 5.41) is 0. The van der Waals surface area contributed by atoms with Gasteiger partial charge in [-0.05, 0) is 36.1 Å². The van der Waals surface area contributed by atoms with E-state index in [4.69, 9.17) is 4.98 Å². The van der Waals surface area contributed by atoms with E-state index in [1.807, 2.05) is 18.3 Å². The third-order valence-electron chi connectivity index (χ3n) is 3.74. The number of hydrogen-bond donors (Lipinski definition) is 0. The van der Waals surface area contributed by atoms with Crippen molar-refractivity contribution in [1.29, 1.82) is 0 Å². The zero-order valence-corrected chi connectivity index (χ0v) is 12.9. The predicted octanol–water partition coefficient (Wildman–Crippen LogP) is 3.99. The minimum atomic E-state index is 0.569. The van der Waals surface area contributed by atoms with Crippen molar-refractivity contribution in [1.82, 2.24) is 14.5 Å². The van der Waals surface area contributed by atoms with Crippen molar-refractivity contribution in [3.8, 4) is 0 Å². The second kappa shape index (κ2) is 5.68. The van der Waals surface area contributed by atoms with Crippen LogP contribution >= 0.6 is 0 Å². The van der Waals surface area contributed by atoms with Crippen molar-refractivity contribution < 1.29 is 0 Å². The number of imidazole rings is 1. The minimum absolute atomic E-state index is 0.569. The molecule has 3 rings (SSSR count). The first-order valence-electron chi connectivity index (χ1n) is 7.50. The quantitative estimate of drug-likeness (QED) is 0.723. The van der Waals surface area contributed by atoms with Crippen molar-refractivity contribution in [2.75, 3.05) is 0 Å². The number of aromatic nitrogens is 3. The van der Waals surface area contributed by atoms with Crippen molar-refractivity contribution in [2.45, 2.75) is 33.7 Å². The summed E-state index contributed by atoms with van der Waals surface area (Å²) < 4.78 is 2.27. The van der Waals surface area contributed by atoms with Gasteiger partial charge in [0.2, 0.25) is 0 Å². The van der Waals surface area contributed by atoms with Gasteiger partial charge in [0.1, 0.15) is 11.3 Å². The summed E-state index contributed by atoms with van der Waals surface area (Å²) >= 11 is 0. The Bertz CT molecular complexity index is 756. The van der Waals surface area contributed by atoms with Crippen molar-refractivity contribution >= 4 is 11.2 Å². The number of aryl methyl sites for hydroxylation is 1. The Kier molecular flexibility index (Phi) is 3.74. The number of nitrogens with zero attached hydrogens (tertiary/aromatic N) is 3. The minimum Gasteiger partial charge on any atom is -0.312 e. The smallest absolute Gasteiger partial charge is 0.160 e. The molecular formula is C18H21N3. The lowest BCUT2D eigenvalue weighted by molar-refractivity contribution is 0.517. The van der Waals surface area contributed by atoms with Crippen LogP contribution in [0.5, 0.6) is 0 Å². The monoisotopic (exact) mass is 279 g/mol. The lowest BCUT2D eigenvalue weighted by atomic mass is 10.1. The molecule has 0 aliphatic heterocycles. The highest BCUT2D eigenvalue weighted by Crippen LogP contribution is 2.19. The SMILES string of the molecule is Cc1ccccc1Cc1nc2cccnc2n1CC(C)C. The number of hydrogen-bond acceptors (Lipinski definition) is 2. The van der Waals surface area contributed by atoms with E-state index < -0.39 is 0 Å². The fourth-order valence-electron chi connectivity index (χ4n) is 2.68. The number of fused-ring (bicyclic) bond motifs is 1. The number of benzene rings is 1. The third kappa shape index (κ3) is 2.82. The molecule has 2 aromatic heterocycles. The summed E-state index contributed by atoms with van der Waals surface area (Å²) in [6.45, 7) is 7.57. The van der Waals surface area contributed by atoms with E-state index in [0.29, 0.717) is 5.92 Å². The average Bonchev–Trinajstić information content (AvgIpc) is 2.79. The van der Waals surface area contributed by atoms with E-state index in [1.54, 1.807) is 0 Å². The van der Waals surface area contributed by atoms with Crippen LogP contribution in [0.25, 0.3) is 11.2 Å². The zero-order valence-electron chi connectivity index (χ0n) is 12.9. The Labute approximate surface area is 125 Å². The molecule has 0 bridgehead atoms. The molecule has 0 aliphatic carbocycles. The molecule has 0 N–H and O–H groups in total. The number of rotatable bonds is 4. The summed E-state index contributed by atoms with van der Waals surface area (Å²) in [6.07, 6.45) is 2.70. The van der Waals surface area contributed by atoms with E-state index in [9.17, 15) is 0 Å². The maximum absolute atomic E-state index is 4.80. The molecule has 0 saturated carbocycles. The van der Waals surface area contributed by atoms with Gasteiger partial charge in [0.25, 0.3) is 0 Å². The average molecular weight is 279 g/mol. The Morgan fingerprint density at radius 1 is 1.10 bits per heavy atom. The van der Waals surface area contributed by atoms with Crippen LogP contribution in [0, 0.1) is 12.8 Å². The standard InChI is InChI=1S/C18H21N3/c1-13(2)12-21-17(11-15-8-5-4-7-14(15)3)20-16-9-6-10-19-18(16)21/h4-10,13H,11-12H2,1-3H3. The van der Waals surface area contributed by atoms with Crippen LogP contribution in [-0.4, -0.2) is 14.5 Å². The maximum atomic E-state index is 4.80. The number of pyridine rings is 1. The highest BCUT2D eigenvalue weighted by molar-refractivity contribution is 5.71. The molecule has 3 heteroatoms. The van der Waals surface area contributed by atoms with E-state index in [2.05, 4.69) is 54.6 Å². The first kappa shape index (κ1) is 13.8. The third-order valence-corrected chi connectivity index (χ3v) is 3.74. The first-order chi connectivity index (χ1) is 10.1. The maximum Gasteiger partial charge on any atom is 0.160 e. The van der Waals surface area contributed by atoms with Crippen LogP contribution in [0.4, 0.5) is 0 Å². The Morgan fingerprint density at radius 2 is 1.90 bits per heavy atom. The van der Waals surface area contributed by atoms with Gasteiger partial charge in [-0.2, -0.15) is 0 Å². The molecule has 0 saturated heterocycles. The Hall–Kier alpha value is -2.16. The van der Waals surface area contributed by atoms with E-state index in [0.717, 1.165) is 30.0 Å². The largest absolute Gasteiger partial charge is 0.312 e. The summed E-state index contributed by atoms with van der Waals surface area (Å²) in [5.41, 5.74) is 4.63. The van der Waals surface area contributed by atoms with Gasteiger partial charge < -0.3 is 4.57 Å². The summed E-state index contributed by atoms with van der Waals surface area (Å²) in [6, 6.07) is 12.5. The van der Waals surface area contributed by atoms with Crippen LogP contribution < -0.4 is 0 Å². The molecule has 2 heterocycles. The molecule has 1 aromatic carbocycles. The zero-order chi connectivity index (χ0) is 14.8. The van der Waals surface area contributed by atoms with Gasteiger partial charge in [-0.15, -0.1) is 0 Å². The molecule has 0 unspecified atom stereocenters. The molecule has 0 spiro atoms. The summed E-state index contributed by atoms with van der Waals surface area (Å²) in [5.74, 6) is 1.67. The molecular weight excluding hydrogens is 258 g/mol. The molecule has 21 heavy (non-hydrogen) atoms. The highest BCUT2D eigenvalue weighted by atomic mass is 15.1. The van der Waals surface area contributed by atoms with E-state index in [-0.39, 0.29) is 0 Å². The fourth-order valence-corrected chi connectivity index (χ4v) is 2.68. The molecule has 0 radical (unpaired) electrons.